The minimum atomic E-state index is 0.143. The molecule has 0 aliphatic rings. The second-order valence-corrected chi connectivity index (χ2v) is 4.41. The van der Waals surface area contributed by atoms with Crippen LogP contribution in [-0.2, 0) is 0 Å². The van der Waals surface area contributed by atoms with E-state index in [-0.39, 0.29) is 5.95 Å². The molecule has 2 rings (SSSR count). The highest BCUT2D eigenvalue weighted by Gasteiger charge is 2.11. The molecule has 4 nitrogen and oxygen atoms in total. The lowest BCUT2D eigenvalue weighted by Crippen LogP contribution is -1.98. The van der Waals surface area contributed by atoms with E-state index >= 15 is 0 Å². The van der Waals surface area contributed by atoms with Crippen LogP contribution >= 0.6 is 27.5 Å². The van der Waals surface area contributed by atoms with Crippen molar-refractivity contribution in [3.05, 3.63) is 33.9 Å². The maximum Gasteiger partial charge on any atom is 0.222 e. The van der Waals surface area contributed by atoms with Crippen molar-refractivity contribution >= 4 is 33.5 Å². The van der Waals surface area contributed by atoms with Crippen LogP contribution in [0.1, 0.15) is 0 Å². The van der Waals surface area contributed by atoms with Gasteiger partial charge in [-0.1, -0.05) is 11.6 Å². The molecule has 0 spiro atoms. The minimum absolute atomic E-state index is 0.143. The van der Waals surface area contributed by atoms with Crippen LogP contribution in [0.5, 0.6) is 5.75 Å². The average molecular weight is 315 g/mol. The van der Waals surface area contributed by atoms with E-state index in [9.17, 15) is 0 Å². The van der Waals surface area contributed by atoms with Crippen LogP contribution in [0, 0.1) is 0 Å². The number of benzene rings is 1. The molecule has 0 saturated heterocycles. The number of rotatable bonds is 2. The summed E-state index contributed by atoms with van der Waals surface area (Å²) in [7, 11) is 1.62. The van der Waals surface area contributed by atoms with Crippen LogP contribution in [0.25, 0.3) is 11.3 Å². The molecule has 0 bridgehead atoms. The summed E-state index contributed by atoms with van der Waals surface area (Å²) in [6.07, 6.45) is 0. The van der Waals surface area contributed by atoms with E-state index in [4.69, 9.17) is 22.1 Å². The third-order valence-corrected chi connectivity index (χ3v) is 3.44. The van der Waals surface area contributed by atoms with E-state index in [2.05, 4.69) is 25.9 Å². The molecule has 88 valence electrons. The molecule has 2 aromatic rings. The number of methoxy groups -OCH3 is 1. The fourth-order valence-electron chi connectivity index (χ4n) is 1.38. The largest absolute Gasteiger partial charge is 0.497 e. The molecule has 0 fully saturated rings. The number of anilines is 1. The first-order chi connectivity index (χ1) is 8.11. The van der Waals surface area contributed by atoms with Crippen LogP contribution in [0.15, 0.2) is 28.7 Å². The first kappa shape index (κ1) is 12.1. The third kappa shape index (κ3) is 2.50. The topological polar surface area (TPSA) is 61.0 Å². The van der Waals surface area contributed by atoms with Crippen LogP contribution in [0.2, 0.25) is 5.15 Å². The number of nitrogens with two attached hydrogens (primary N) is 1. The Bertz CT molecular complexity index is 545. The van der Waals surface area contributed by atoms with Crippen LogP contribution in [0.4, 0.5) is 5.95 Å². The van der Waals surface area contributed by atoms with Crippen molar-refractivity contribution in [2.75, 3.05) is 12.8 Å². The van der Waals surface area contributed by atoms with Gasteiger partial charge in [0.05, 0.1) is 17.3 Å². The Morgan fingerprint density at radius 3 is 2.47 bits per heavy atom. The molecule has 0 unspecified atom stereocenters. The van der Waals surface area contributed by atoms with E-state index in [0.29, 0.717) is 15.3 Å². The molecule has 0 saturated carbocycles. The van der Waals surface area contributed by atoms with Gasteiger partial charge in [-0.25, -0.2) is 9.97 Å². The fraction of sp³-hybridized carbons (Fsp3) is 0.0909. The summed E-state index contributed by atoms with van der Waals surface area (Å²) < 4.78 is 5.71. The Balaban J connectivity index is 2.52. The van der Waals surface area contributed by atoms with Crippen molar-refractivity contribution in [1.29, 1.82) is 0 Å². The monoisotopic (exact) mass is 313 g/mol. The summed E-state index contributed by atoms with van der Waals surface area (Å²) >= 11 is 9.27. The lowest BCUT2D eigenvalue weighted by Gasteiger charge is -2.07. The van der Waals surface area contributed by atoms with Gasteiger partial charge in [0.2, 0.25) is 5.95 Å². The maximum absolute atomic E-state index is 5.92. The van der Waals surface area contributed by atoms with E-state index in [1.807, 2.05) is 24.3 Å². The van der Waals surface area contributed by atoms with Gasteiger partial charge in [-0.2, -0.15) is 0 Å². The molecule has 0 radical (unpaired) electrons. The van der Waals surface area contributed by atoms with E-state index in [1.165, 1.54) is 0 Å². The Hall–Kier alpha value is -1.33. The Morgan fingerprint density at radius 2 is 1.88 bits per heavy atom. The standard InChI is InChI=1S/C11H9BrClN3O/c1-17-7-4-2-6(3-5-7)9-8(12)10(13)16-11(14)15-9/h2-5H,1H3,(H2,14,15,16). The second-order valence-electron chi connectivity index (χ2n) is 3.26. The van der Waals surface area contributed by atoms with Gasteiger partial charge in [-0.15, -0.1) is 0 Å². The summed E-state index contributed by atoms with van der Waals surface area (Å²) in [5, 5.41) is 0.295. The van der Waals surface area contributed by atoms with E-state index < -0.39 is 0 Å². The predicted octanol–water partition coefficient (Wildman–Crippen LogP) is 3.15. The number of hydrogen-bond donors (Lipinski definition) is 1. The molecule has 0 atom stereocenters. The summed E-state index contributed by atoms with van der Waals surface area (Å²) in [5.41, 5.74) is 7.11. The second kappa shape index (κ2) is 4.89. The molecular formula is C11H9BrClN3O. The summed E-state index contributed by atoms with van der Waals surface area (Å²) in [6, 6.07) is 7.44. The zero-order chi connectivity index (χ0) is 12.4. The van der Waals surface area contributed by atoms with Crippen molar-refractivity contribution in [3.63, 3.8) is 0 Å². The quantitative estimate of drug-likeness (QED) is 0.865. The molecular weight excluding hydrogens is 305 g/mol. The van der Waals surface area contributed by atoms with Crippen molar-refractivity contribution in [2.45, 2.75) is 0 Å². The van der Waals surface area contributed by atoms with Gasteiger partial charge < -0.3 is 10.5 Å². The molecule has 1 heterocycles. The van der Waals surface area contributed by atoms with E-state index in [1.54, 1.807) is 7.11 Å². The zero-order valence-electron chi connectivity index (χ0n) is 8.95. The fourth-order valence-corrected chi connectivity index (χ4v) is 1.96. The highest BCUT2D eigenvalue weighted by molar-refractivity contribution is 9.10. The highest BCUT2D eigenvalue weighted by atomic mass is 79.9. The van der Waals surface area contributed by atoms with Gasteiger partial charge in [0.25, 0.3) is 0 Å². The maximum atomic E-state index is 5.92. The molecule has 6 heteroatoms. The molecule has 0 aliphatic heterocycles. The lowest BCUT2D eigenvalue weighted by molar-refractivity contribution is 0.415. The van der Waals surface area contributed by atoms with Gasteiger partial charge in [-0.05, 0) is 40.2 Å². The third-order valence-electron chi connectivity index (χ3n) is 2.19. The number of ether oxygens (including phenoxy) is 1. The summed E-state index contributed by atoms with van der Waals surface area (Å²) in [5.74, 6) is 0.919. The first-order valence-electron chi connectivity index (χ1n) is 4.74. The van der Waals surface area contributed by atoms with Crippen LogP contribution < -0.4 is 10.5 Å². The number of hydrogen-bond acceptors (Lipinski definition) is 4. The number of nitrogens with zero attached hydrogens (tertiary/aromatic N) is 2. The van der Waals surface area contributed by atoms with E-state index in [0.717, 1.165) is 11.3 Å². The molecule has 0 aliphatic carbocycles. The van der Waals surface area contributed by atoms with Crippen molar-refractivity contribution in [2.24, 2.45) is 0 Å². The Labute approximate surface area is 112 Å². The van der Waals surface area contributed by atoms with Crippen LogP contribution in [0.3, 0.4) is 0 Å². The zero-order valence-corrected chi connectivity index (χ0v) is 11.3. The number of halogens is 2. The van der Waals surface area contributed by atoms with Crippen molar-refractivity contribution < 1.29 is 4.74 Å². The SMILES string of the molecule is COc1ccc(-c2nc(N)nc(Cl)c2Br)cc1. The molecule has 0 amide bonds. The summed E-state index contributed by atoms with van der Waals surface area (Å²) in [4.78, 5) is 8.01. The predicted molar refractivity (Wildman–Crippen MR) is 71.1 cm³/mol. The normalized spacial score (nSPS) is 10.3. The van der Waals surface area contributed by atoms with Gasteiger partial charge >= 0.3 is 0 Å². The Morgan fingerprint density at radius 1 is 1.24 bits per heavy atom. The van der Waals surface area contributed by atoms with Crippen LogP contribution in [-0.4, -0.2) is 17.1 Å². The van der Waals surface area contributed by atoms with Crippen molar-refractivity contribution in [1.82, 2.24) is 9.97 Å². The minimum Gasteiger partial charge on any atom is -0.497 e. The molecule has 1 aromatic heterocycles. The molecule has 17 heavy (non-hydrogen) atoms. The highest BCUT2D eigenvalue weighted by Crippen LogP contribution is 2.32. The van der Waals surface area contributed by atoms with Gasteiger partial charge in [0.15, 0.2) is 0 Å². The average Bonchev–Trinajstić information content (AvgIpc) is 2.34. The van der Waals surface area contributed by atoms with Gasteiger partial charge in [0, 0.05) is 5.56 Å². The van der Waals surface area contributed by atoms with Crippen molar-refractivity contribution in [3.8, 4) is 17.0 Å². The molecule has 1 aromatic carbocycles. The smallest absolute Gasteiger partial charge is 0.222 e. The molecule has 2 N–H and O–H groups in total. The Kier molecular flexibility index (Phi) is 3.49. The first-order valence-corrected chi connectivity index (χ1v) is 5.92. The van der Waals surface area contributed by atoms with Gasteiger partial charge in [0.1, 0.15) is 10.9 Å². The number of aromatic nitrogens is 2. The number of nitrogen functional groups attached to an aromatic ring is 1. The van der Waals surface area contributed by atoms with Gasteiger partial charge in [-0.3, -0.25) is 0 Å². The lowest BCUT2D eigenvalue weighted by atomic mass is 10.1. The summed E-state index contributed by atoms with van der Waals surface area (Å²) in [6.45, 7) is 0.